The number of pyridine rings is 1. The number of imidazole rings is 1. The lowest BCUT2D eigenvalue weighted by atomic mass is 10.3. The third-order valence-electron chi connectivity index (χ3n) is 2.81. The van der Waals surface area contributed by atoms with Gasteiger partial charge in [0.1, 0.15) is 0 Å². The summed E-state index contributed by atoms with van der Waals surface area (Å²) in [6.07, 6.45) is 6.75. The maximum Gasteiger partial charge on any atom is 0.337 e. The number of hydrogen-bond donors (Lipinski definition) is 0. The highest BCUT2D eigenvalue weighted by Crippen LogP contribution is 2.12. The Morgan fingerprint density at radius 1 is 0.947 bits per heavy atom. The van der Waals surface area contributed by atoms with Crippen molar-refractivity contribution < 1.29 is 0 Å². The van der Waals surface area contributed by atoms with Crippen molar-refractivity contribution in [1.82, 2.24) is 14.1 Å². The summed E-state index contributed by atoms with van der Waals surface area (Å²) in [7, 11) is 0. The molecule has 0 spiro atoms. The van der Waals surface area contributed by atoms with Gasteiger partial charge in [-0.1, -0.05) is 11.6 Å². The predicted octanol–water partition coefficient (Wildman–Crippen LogP) is 2.68. The second kappa shape index (κ2) is 4.74. The summed E-state index contributed by atoms with van der Waals surface area (Å²) >= 11 is 5.84. The largest absolute Gasteiger partial charge is 0.337 e. The van der Waals surface area contributed by atoms with Gasteiger partial charge in [-0.3, -0.25) is 14.1 Å². The number of aromatic nitrogens is 3. The van der Waals surface area contributed by atoms with E-state index in [1.54, 1.807) is 64.3 Å². The average Bonchev–Trinajstić information content (AvgIpc) is 2.83. The molecule has 0 saturated carbocycles. The van der Waals surface area contributed by atoms with Gasteiger partial charge in [0.15, 0.2) is 0 Å². The summed E-state index contributed by atoms with van der Waals surface area (Å²) in [4.78, 5) is 16.3. The first-order valence-corrected chi connectivity index (χ1v) is 6.10. The van der Waals surface area contributed by atoms with Crippen LogP contribution in [0.5, 0.6) is 0 Å². The van der Waals surface area contributed by atoms with Crippen LogP contribution in [-0.2, 0) is 0 Å². The van der Waals surface area contributed by atoms with Crippen molar-refractivity contribution in [3.63, 3.8) is 0 Å². The quantitative estimate of drug-likeness (QED) is 0.719. The maximum atomic E-state index is 12.3. The van der Waals surface area contributed by atoms with Crippen molar-refractivity contribution in [2.24, 2.45) is 0 Å². The highest BCUT2D eigenvalue weighted by molar-refractivity contribution is 6.30. The third kappa shape index (κ3) is 2.18. The molecule has 0 aliphatic heterocycles. The van der Waals surface area contributed by atoms with E-state index in [-0.39, 0.29) is 5.69 Å². The zero-order valence-corrected chi connectivity index (χ0v) is 10.7. The van der Waals surface area contributed by atoms with Crippen LogP contribution in [0.4, 0.5) is 0 Å². The molecule has 94 valence electrons. The van der Waals surface area contributed by atoms with E-state index >= 15 is 0 Å². The molecule has 0 bridgehead atoms. The fourth-order valence-electron chi connectivity index (χ4n) is 1.87. The molecule has 0 amide bonds. The zero-order valence-electron chi connectivity index (χ0n) is 9.90. The molecule has 19 heavy (non-hydrogen) atoms. The van der Waals surface area contributed by atoms with Crippen molar-refractivity contribution in [1.29, 1.82) is 0 Å². The minimum Gasteiger partial charge on any atom is -0.268 e. The summed E-state index contributed by atoms with van der Waals surface area (Å²) in [5.41, 5.74) is 1.37. The SMILES string of the molecule is O=c1n(-c2ccc(Cl)cc2)ccn1-c1cccnc1. The molecule has 0 unspecified atom stereocenters. The summed E-state index contributed by atoms with van der Waals surface area (Å²) in [6, 6.07) is 10.7. The molecule has 0 aliphatic rings. The summed E-state index contributed by atoms with van der Waals surface area (Å²) in [6.45, 7) is 0. The normalized spacial score (nSPS) is 10.6. The van der Waals surface area contributed by atoms with Gasteiger partial charge in [0.05, 0.1) is 17.6 Å². The van der Waals surface area contributed by atoms with Crippen molar-refractivity contribution in [2.75, 3.05) is 0 Å². The fraction of sp³-hybridized carbons (Fsp3) is 0. The first-order chi connectivity index (χ1) is 9.25. The van der Waals surface area contributed by atoms with Crippen molar-refractivity contribution >= 4 is 11.6 Å². The first-order valence-electron chi connectivity index (χ1n) is 5.72. The number of halogens is 1. The Balaban J connectivity index is 2.09. The minimum absolute atomic E-state index is 0.143. The number of benzene rings is 1. The predicted molar refractivity (Wildman–Crippen MR) is 74.2 cm³/mol. The van der Waals surface area contributed by atoms with E-state index in [4.69, 9.17) is 11.6 Å². The molecule has 0 aliphatic carbocycles. The van der Waals surface area contributed by atoms with Crippen LogP contribution in [0.1, 0.15) is 0 Å². The molecular formula is C14H10ClN3O. The van der Waals surface area contributed by atoms with E-state index in [9.17, 15) is 4.79 Å². The summed E-state index contributed by atoms with van der Waals surface area (Å²) in [5, 5.41) is 0.642. The first kappa shape index (κ1) is 11.7. The van der Waals surface area contributed by atoms with Crippen LogP contribution < -0.4 is 5.69 Å². The van der Waals surface area contributed by atoms with E-state index in [1.165, 1.54) is 0 Å². The standard InChI is InChI=1S/C14H10ClN3O/c15-11-3-5-12(6-4-11)17-8-9-18(14(17)19)13-2-1-7-16-10-13/h1-10H. The Morgan fingerprint density at radius 2 is 1.63 bits per heavy atom. The van der Waals surface area contributed by atoms with Gasteiger partial charge in [-0.25, -0.2) is 4.79 Å². The van der Waals surface area contributed by atoms with Gasteiger partial charge in [0, 0.05) is 23.6 Å². The van der Waals surface area contributed by atoms with E-state index < -0.39 is 0 Å². The average molecular weight is 272 g/mol. The zero-order chi connectivity index (χ0) is 13.2. The summed E-state index contributed by atoms with van der Waals surface area (Å²) < 4.78 is 3.10. The Labute approximate surface area is 114 Å². The van der Waals surface area contributed by atoms with Gasteiger partial charge in [0.25, 0.3) is 0 Å². The highest BCUT2D eigenvalue weighted by atomic mass is 35.5. The van der Waals surface area contributed by atoms with E-state index in [1.807, 2.05) is 6.07 Å². The molecule has 0 fully saturated rings. The van der Waals surface area contributed by atoms with Gasteiger partial charge in [-0.15, -0.1) is 0 Å². The fourth-order valence-corrected chi connectivity index (χ4v) is 1.99. The highest BCUT2D eigenvalue weighted by Gasteiger charge is 2.06. The van der Waals surface area contributed by atoms with Crippen LogP contribution in [0.3, 0.4) is 0 Å². The van der Waals surface area contributed by atoms with Crippen LogP contribution in [0.25, 0.3) is 11.4 Å². The lowest BCUT2D eigenvalue weighted by Crippen LogP contribution is -2.21. The molecule has 2 heterocycles. The number of hydrogen-bond acceptors (Lipinski definition) is 2. The molecule has 0 N–H and O–H groups in total. The van der Waals surface area contributed by atoms with Gasteiger partial charge in [0.2, 0.25) is 0 Å². The summed E-state index contributed by atoms with van der Waals surface area (Å²) in [5.74, 6) is 0. The molecular weight excluding hydrogens is 262 g/mol. The Kier molecular flexibility index (Phi) is 2.93. The number of rotatable bonds is 2. The molecule has 0 saturated heterocycles. The van der Waals surface area contributed by atoms with Gasteiger partial charge in [-0.2, -0.15) is 0 Å². The monoisotopic (exact) mass is 271 g/mol. The van der Waals surface area contributed by atoms with Crippen LogP contribution in [0.2, 0.25) is 5.02 Å². The molecule has 0 atom stereocenters. The van der Waals surface area contributed by atoms with E-state index in [2.05, 4.69) is 4.98 Å². The molecule has 0 radical (unpaired) electrons. The smallest absolute Gasteiger partial charge is 0.268 e. The molecule has 1 aromatic carbocycles. The molecule has 2 aromatic heterocycles. The topological polar surface area (TPSA) is 39.8 Å². The Bertz CT molecular complexity index is 744. The van der Waals surface area contributed by atoms with Gasteiger partial charge in [-0.05, 0) is 36.4 Å². The van der Waals surface area contributed by atoms with E-state index in [0.717, 1.165) is 11.4 Å². The Morgan fingerprint density at radius 3 is 2.26 bits per heavy atom. The Hall–Kier alpha value is -2.33. The van der Waals surface area contributed by atoms with Crippen molar-refractivity contribution in [3.8, 4) is 11.4 Å². The molecule has 5 heteroatoms. The van der Waals surface area contributed by atoms with Gasteiger partial charge >= 0.3 is 5.69 Å². The van der Waals surface area contributed by atoms with Crippen LogP contribution >= 0.6 is 11.6 Å². The third-order valence-corrected chi connectivity index (χ3v) is 3.06. The van der Waals surface area contributed by atoms with E-state index in [0.29, 0.717) is 5.02 Å². The van der Waals surface area contributed by atoms with Crippen molar-refractivity contribution in [3.05, 3.63) is 76.7 Å². The second-order valence-corrected chi connectivity index (χ2v) is 4.44. The molecule has 4 nitrogen and oxygen atoms in total. The second-order valence-electron chi connectivity index (χ2n) is 4.01. The lowest BCUT2D eigenvalue weighted by molar-refractivity contribution is 0.904. The maximum absolute atomic E-state index is 12.3. The molecule has 3 rings (SSSR count). The van der Waals surface area contributed by atoms with Gasteiger partial charge < -0.3 is 0 Å². The van der Waals surface area contributed by atoms with Crippen LogP contribution in [0, 0.1) is 0 Å². The minimum atomic E-state index is -0.143. The van der Waals surface area contributed by atoms with Crippen LogP contribution in [-0.4, -0.2) is 14.1 Å². The molecule has 3 aromatic rings. The number of nitrogens with zero attached hydrogens (tertiary/aromatic N) is 3. The van der Waals surface area contributed by atoms with Crippen molar-refractivity contribution in [2.45, 2.75) is 0 Å². The lowest BCUT2D eigenvalue weighted by Gasteiger charge is -2.02. The van der Waals surface area contributed by atoms with Crippen LogP contribution in [0.15, 0.2) is 66.0 Å².